The molecule has 0 aliphatic carbocycles. The van der Waals surface area contributed by atoms with Gasteiger partial charge in [0.25, 0.3) is 0 Å². The fourth-order valence-electron chi connectivity index (χ4n) is 3.43. The molecular formula is C18H27N3O3. The summed E-state index contributed by atoms with van der Waals surface area (Å²) in [4.78, 5) is 24.7. The maximum absolute atomic E-state index is 11.6. The number of nitrogens with zero attached hydrogens (tertiary/aromatic N) is 1. The summed E-state index contributed by atoms with van der Waals surface area (Å²) in [5.74, 6) is 1.23. The highest BCUT2D eigenvalue weighted by molar-refractivity contribution is 5.93. The Labute approximate surface area is 143 Å². The molecule has 1 aromatic carbocycles. The van der Waals surface area contributed by atoms with Gasteiger partial charge in [0.15, 0.2) is 0 Å². The Hall–Kier alpha value is -2.08. The fraction of sp³-hybridized carbons (Fsp3) is 0.556. The number of carbonyl (C=O) groups excluding carboxylic acids is 2. The van der Waals surface area contributed by atoms with Crippen LogP contribution in [0.4, 0.5) is 4.79 Å². The minimum absolute atomic E-state index is 0.298. The number of primary amides is 1. The van der Waals surface area contributed by atoms with E-state index in [4.69, 9.17) is 10.5 Å². The van der Waals surface area contributed by atoms with Crippen LogP contribution < -0.4 is 15.8 Å². The highest BCUT2D eigenvalue weighted by atomic mass is 16.5. The summed E-state index contributed by atoms with van der Waals surface area (Å²) in [5, 5.41) is 2.11. The van der Waals surface area contributed by atoms with Crippen LogP contribution in [0.1, 0.15) is 44.2 Å². The molecule has 3 N–H and O–H groups in total. The van der Waals surface area contributed by atoms with E-state index in [1.807, 2.05) is 18.2 Å². The molecule has 1 heterocycles. The van der Waals surface area contributed by atoms with E-state index in [9.17, 15) is 9.59 Å². The number of rotatable bonds is 6. The lowest BCUT2D eigenvalue weighted by Crippen LogP contribution is -2.39. The van der Waals surface area contributed by atoms with Crippen molar-refractivity contribution >= 4 is 11.9 Å². The van der Waals surface area contributed by atoms with Crippen LogP contribution in [0, 0.1) is 5.92 Å². The second kappa shape index (κ2) is 8.68. The van der Waals surface area contributed by atoms with E-state index < -0.39 is 6.03 Å². The van der Waals surface area contributed by atoms with Crippen molar-refractivity contribution in [3.05, 3.63) is 29.8 Å². The van der Waals surface area contributed by atoms with Gasteiger partial charge in [0.2, 0.25) is 5.91 Å². The number of likely N-dealkylation sites (tertiary alicyclic amines) is 1. The smallest absolute Gasteiger partial charge is 0.318 e. The first kappa shape index (κ1) is 18.3. The number of urea groups is 1. The molecule has 0 aromatic heterocycles. The van der Waals surface area contributed by atoms with Gasteiger partial charge in [-0.1, -0.05) is 25.1 Å². The minimum Gasteiger partial charge on any atom is -0.496 e. The molecule has 24 heavy (non-hydrogen) atoms. The Kier molecular flexibility index (Phi) is 6.61. The molecule has 1 aliphatic heterocycles. The molecule has 0 spiro atoms. The highest BCUT2D eigenvalue weighted by Crippen LogP contribution is 2.37. The molecule has 0 radical (unpaired) electrons. The van der Waals surface area contributed by atoms with Crippen LogP contribution >= 0.6 is 0 Å². The number of methoxy groups -OCH3 is 1. The van der Waals surface area contributed by atoms with Crippen molar-refractivity contribution < 1.29 is 14.3 Å². The van der Waals surface area contributed by atoms with Crippen molar-refractivity contribution in [3.63, 3.8) is 0 Å². The van der Waals surface area contributed by atoms with E-state index in [0.717, 1.165) is 25.3 Å². The second-order valence-corrected chi connectivity index (χ2v) is 6.45. The Morgan fingerprint density at radius 2 is 2.08 bits per heavy atom. The molecule has 2 atom stereocenters. The summed E-state index contributed by atoms with van der Waals surface area (Å²) in [6.45, 7) is 4.06. The van der Waals surface area contributed by atoms with Crippen molar-refractivity contribution in [2.75, 3.05) is 20.2 Å². The van der Waals surface area contributed by atoms with E-state index >= 15 is 0 Å². The Morgan fingerprint density at radius 1 is 1.33 bits per heavy atom. The molecule has 0 bridgehead atoms. The molecule has 3 amide bonds. The van der Waals surface area contributed by atoms with Crippen molar-refractivity contribution in [3.8, 4) is 5.75 Å². The predicted octanol–water partition coefficient (Wildman–Crippen LogP) is 2.44. The lowest BCUT2D eigenvalue weighted by molar-refractivity contribution is -0.120. The van der Waals surface area contributed by atoms with Crippen LogP contribution in [0.15, 0.2) is 24.3 Å². The van der Waals surface area contributed by atoms with Crippen LogP contribution in [-0.4, -0.2) is 37.0 Å². The summed E-state index contributed by atoms with van der Waals surface area (Å²) in [7, 11) is 1.70. The van der Waals surface area contributed by atoms with Gasteiger partial charge in [0.05, 0.1) is 7.11 Å². The van der Waals surface area contributed by atoms with Crippen LogP contribution in [0.25, 0.3) is 0 Å². The number of nitrogens with one attached hydrogen (secondary N) is 1. The molecule has 6 heteroatoms. The summed E-state index contributed by atoms with van der Waals surface area (Å²) >= 11 is 0. The van der Waals surface area contributed by atoms with Gasteiger partial charge in [0.1, 0.15) is 5.75 Å². The van der Waals surface area contributed by atoms with Gasteiger partial charge >= 0.3 is 6.03 Å². The third kappa shape index (κ3) is 4.96. The monoisotopic (exact) mass is 333 g/mol. The fourth-order valence-corrected chi connectivity index (χ4v) is 3.43. The van der Waals surface area contributed by atoms with E-state index in [0.29, 0.717) is 24.8 Å². The van der Waals surface area contributed by atoms with E-state index in [1.54, 1.807) is 7.11 Å². The molecular weight excluding hydrogens is 306 g/mol. The Morgan fingerprint density at radius 3 is 2.79 bits per heavy atom. The molecule has 1 aliphatic rings. The van der Waals surface area contributed by atoms with Gasteiger partial charge in [-0.15, -0.1) is 0 Å². The number of ether oxygens (including phenoxy) is 1. The summed E-state index contributed by atoms with van der Waals surface area (Å²) < 4.78 is 5.52. The quantitative estimate of drug-likeness (QED) is 0.837. The molecule has 0 unspecified atom stereocenters. The van der Waals surface area contributed by atoms with Gasteiger partial charge in [-0.25, -0.2) is 4.79 Å². The number of benzene rings is 1. The molecule has 2 rings (SSSR count). The Bertz CT molecular complexity index is 576. The third-order valence-electron chi connectivity index (χ3n) is 4.53. The van der Waals surface area contributed by atoms with Gasteiger partial charge < -0.3 is 10.5 Å². The maximum atomic E-state index is 11.6. The standard InChI is InChI=1S/C18H27N3O3/c1-13-9-10-15(14-6-3-4-7-16(14)24-2)21(12-13)11-5-8-17(22)20-18(19)23/h3-4,6-7,13,15H,5,8-12H2,1-2H3,(H3,19,20,22,23)/t13-,15-/m0/s1. The van der Waals surface area contributed by atoms with Gasteiger partial charge in [-0.05, 0) is 37.8 Å². The highest BCUT2D eigenvalue weighted by Gasteiger charge is 2.28. The number of amides is 3. The summed E-state index contributed by atoms with van der Waals surface area (Å²) in [6, 6.07) is 7.63. The topological polar surface area (TPSA) is 84.7 Å². The zero-order valence-corrected chi connectivity index (χ0v) is 14.5. The average Bonchev–Trinajstić information content (AvgIpc) is 2.54. The molecule has 1 saturated heterocycles. The number of para-hydroxylation sites is 1. The normalized spacial score (nSPS) is 21.2. The number of nitrogens with two attached hydrogens (primary N) is 1. The van der Waals surface area contributed by atoms with Crippen LogP contribution in [0.2, 0.25) is 0 Å². The van der Waals surface area contributed by atoms with Gasteiger partial charge in [-0.3, -0.25) is 15.0 Å². The number of piperidine rings is 1. The largest absolute Gasteiger partial charge is 0.496 e. The summed E-state index contributed by atoms with van der Waals surface area (Å²) in [6.07, 6.45) is 3.25. The van der Waals surface area contributed by atoms with E-state index in [1.165, 1.54) is 12.0 Å². The number of imide groups is 1. The van der Waals surface area contributed by atoms with Crippen LogP contribution in [0.5, 0.6) is 5.75 Å². The minimum atomic E-state index is -0.793. The number of carbonyl (C=O) groups is 2. The van der Waals surface area contributed by atoms with Crippen molar-refractivity contribution in [2.24, 2.45) is 11.7 Å². The average molecular weight is 333 g/mol. The second-order valence-electron chi connectivity index (χ2n) is 6.45. The van der Waals surface area contributed by atoms with Crippen molar-refractivity contribution in [1.29, 1.82) is 0 Å². The zero-order valence-electron chi connectivity index (χ0n) is 14.5. The van der Waals surface area contributed by atoms with Gasteiger partial charge in [0, 0.05) is 24.6 Å². The number of hydrogen-bond donors (Lipinski definition) is 2. The van der Waals surface area contributed by atoms with Crippen LogP contribution in [0.3, 0.4) is 0 Å². The zero-order chi connectivity index (χ0) is 17.5. The molecule has 1 fully saturated rings. The lowest BCUT2D eigenvalue weighted by Gasteiger charge is -2.39. The SMILES string of the molecule is COc1ccccc1[C@@H]1CC[C@H](C)CN1CCCC(=O)NC(N)=O. The lowest BCUT2D eigenvalue weighted by atomic mass is 9.89. The molecule has 6 nitrogen and oxygen atoms in total. The maximum Gasteiger partial charge on any atom is 0.318 e. The summed E-state index contributed by atoms with van der Waals surface area (Å²) in [5.41, 5.74) is 6.16. The van der Waals surface area contributed by atoms with E-state index in [2.05, 4.69) is 23.2 Å². The molecule has 1 aromatic rings. The van der Waals surface area contributed by atoms with Crippen LogP contribution in [-0.2, 0) is 4.79 Å². The Balaban J connectivity index is 2.01. The number of hydrogen-bond acceptors (Lipinski definition) is 4. The first-order chi connectivity index (χ1) is 11.5. The predicted molar refractivity (Wildman–Crippen MR) is 92.7 cm³/mol. The van der Waals surface area contributed by atoms with Gasteiger partial charge in [-0.2, -0.15) is 0 Å². The molecule has 0 saturated carbocycles. The first-order valence-electron chi connectivity index (χ1n) is 8.47. The first-order valence-corrected chi connectivity index (χ1v) is 8.47. The van der Waals surface area contributed by atoms with Crippen molar-refractivity contribution in [1.82, 2.24) is 10.2 Å². The third-order valence-corrected chi connectivity index (χ3v) is 4.53. The van der Waals surface area contributed by atoms with E-state index in [-0.39, 0.29) is 5.91 Å². The van der Waals surface area contributed by atoms with Crippen molar-refractivity contribution in [2.45, 2.75) is 38.6 Å². The molecule has 132 valence electrons.